The molecule has 2 amide bonds. The minimum Gasteiger partial charge on any atom is -0.444 e. The van der Waals surface area contributed by atoms with E-state index in [2.05, 4.69) is 28.1 Å². The molecule has 2 aliphatic heterocycles. The van der Waals surface area contributed by atoms with E-state index in [-0.39, 0.29) is 17.9 Å². The molecule has 2 aliphatic rings. The SMILES string of the molecule is CN(CC1CCCN(C(=O)C2(c3ccc(Br)cc3)CCOCC2)C1)C(=O)OC(C)(C)C. The van der Waals surface area contributed by atoms with Gasteiger partial charge in [-0.3, -0.25) is 4.79 Å². The molecular formula is C24H35BrN2O4. The van der Waals surface area contributed by atoms with Crippen molar-refractivity contribution >= 4 is 27.9 Å². The zero-order chi connectivity index (χ0) is 22.6. The summed E-state index contributed by atoms with van der Waals surface area (Å²) < 4.78 is 12.1. The first-order chi connectivity index (χ1) is 14.6. The van der Waals surface area contributed by atoms with E-state index in [4.69, 9.17) is 9.47 Å². The van der Waals surface area contributed by atoms with E-state index in [0.717, 1.165) is 29.4 Å². The summed E-state index contributed by atoms with van der Waals surface area (Å²) in [5.41, 5.74) is 0.0229. The summed E-state index contributed by atoms with van der Waals surface area (Å²) in [5, 5.41) is 0. The molecule has 0 aliphatic carbocycles. The molecule has 6 nitrogen and oxygen atoms in total. The number of likely N-dealkylation sites (tertiary alicyclic amines) is 1. The van der Waals surface area contributed by atoms with Crippen LogP contribution in [0.2, 0.25) is 0 Å². The fraction of sp³-hybridized carbons (Fsp3) is 0.667. The van der Waals surface area contributed by atoms with Gasteiger partial charge in [0.05, 0.1) is 5.41 Å². The van der Waals surface area contributed by atoms with Crippen molar-refractivity contribution in [3.8, 4) is 0 Å². The molecule has 2 saturated heterocycles. The van der Waals surface area contributed by atoms with Crippen molar-refractivity contribution < 1.29 is 19.1 Å². The van der Waals surface area contributed by atoms with Crippen molar-refractivity contribution in [3.63, 3.8) is 0 Å². The molecule has 0 saturated carbocycles. The number of amides is 2. The van der Waals surface area contributed by atoms with Gasteiger partial charge in [0.15, 0.2) is 0 Å². The Kier molecular flexibility index (Phi) is 7.68. The van der Waals surface area contributed by atoms with E-state index in [0.29, 0.717) is 39.1 Å². The zero-order valence-corrected chi connectivity index (χ0v) is 20.7. The smallest absolute Gasteiger partial charge is 0.410 e. The predicted octanol–water partition coefficient (Wildman–Crippen LogP) is 4.60. The minimum absolute atomic E-state index is 0.197. The van der Waals surface area contributed by atoms with E-state index in [1.807, 2.05) is 37.8 Å². The summed E-state index contributed by atoms with van der Waals surface area (Å²) in [6, 6.07) is 8.14. The highest BCUT2D eigenvalue weighted by Crippen LogP contribution is 2.38. The molecule has 0 bridgehead atoms. The average Bonchev–Trinajstić information content (AvgIpc) is 2.73. The molecule has 1 unspecified atom stereocenters. The van der Waals surface area contributed by atoms with Crippen LogP contribution in [0.1, 0.15) is 52.0 Å². The van der Waals surface area contributed by atoms with E-state index >= 15 is 0 Å². The quantitative estimate of drug-likeness (QED) is 0.613. The second-order valence-corrected chi connectivity index (χ2v) is 10.7. The molecule has 31 heavy (non-hydrogen) atoms. The van der Waals surface area contributed by atoms with Crippen molar-refractivity contribution in [2.75, 3.05) is 39.9 Å². The number of rotatable bonds is 4. The number of halogens is 1. The Hall–Kier alpha value is -1.60. The first-order valence-corrected chi connectivity index (χ1v) is 12.0. The summed E-state index contributed by atoms with van der Waals surface area (Å²) in [7, 11) is 1.77. The standard InChI is InChI=1S/C24H35BrN2O4/c1-23(2,3)31-22(29)26(4)16-18-6-5-13-27(17-18)21(28)24(11-14-30-15-12-24)19-7-9-20(25)10-8-19/h7-10,18H,5-6,11-17H2,1-4H3. The zero-order valence-electron chi connectivity index (χ0n) is 19.2. The molecule has 1 atom stereocenters. The van der Waals surface area contributed by atoms with Gasteiger partial charge >= 0.3 is 6.09 Å². The molecule has 1 aromatic carbocycles. The summed E-state index contributed by atoms with van der Waals surface area (Å²) in [4.78, 5) is 29.9. The number of nitrogens with zero attached hydrogens (tertiary/aromatic N) is 2. The van der Waals surface area contributed by atoms with Crippen molar-refractivity contribution in [1.29, 1.82) is 0 Å². The van der Waals surface area contributed by atoms with Crippen LogP contribution in [0.5, 0.6) is 0 Å². The van der Waals surface area contributed by atoms with E-state index in [1.54, 1.807) is 11.9 Å². The number of benzene rings is 1. The van der Waals surface area contributed by atoms with Crippen LogP contribution in [0.15, 0.2) is 28.7 Å². The Morgan fingerprint density at radius 3 is 2.48 bits per heavy atom. The molecule has 172 valence electrons. The van der Waals surface area contributed by atoms with Gasteiger partial charge in [-0.25, -0.2) is 4.79 Å². The molecular weight excluding hydrogens is 460 g/mol. The Morgan fingerprint density at radius 1 is 1.23 bits per heavy atom. The maximum absolute atomic E-state index is 13.9. The first kappa shape index (κ1) is 24.1. The highest BCUT2D eigenvalue weighted by molar-refractivity contribution is 9.10. The van der Waals surface area contributed by atoms with Gasteiger partial charge in [0.2, 0.25) is 5.91 Å². The molecule has 1 aromatic rings. The lowest BCUT2D eigenvalue weighted by molar-refractivity contribution is -0.143. The van der Waals surface area contributed by atoms with Gasteiger partial charge in [-0.15, -0.1) is 0 Å². The van der Waals surface area contributed by atoms with Gasteiger partial charge in [0, 0.05) is 44.4 Å². The second-order valence-electron chi connectivity index (χ2n) is 9.82. The van der Waals surface area contributed by atoms with Crippen molar-refractivity contribution in [2.24, 2.45) is 5.92 Å². The molecule has 0 N–H and O–H groups in total. The van der Waals surface area contributed by atoms with Gasteiger partial charge in [0.1, 0.15) is 5.60 Å². The fourth-order valence-corrected chi connectivity index (χ4v) is 4.88. The lowest BCUT2D eigenvalue weighted by Gasteiger charge is -2.43. The van der Waals surface area contributed by atoms with Crippen LogP contribution < -0.4 is 0 Å². The van der Waals surface area contributed by atoms with Crippen LogP contribution in [0.4, 0.5) is 4.79 Å². The topological polar surface area (TPSA) is 59.1 Å². The van der Waals surface area contributed by atoms with Crippen LogP contribution in [0.3, 0.4) is 0 Å². The third-order valence-electron chi connectivity index (χ3n) is 6.20. The second kappa shape index (κ2) is 9.90. The van der Waals surface area contributed by atoms with Gasteiger partial charge in [-0.1, -0.05) is 28.1 Å². The maximum atomic E-state index is 13.9. The van der Waals surface area contributed by atoms with Crippen LogP contribution >= 0.6 is 15.9 Å². The van der Waals surface area contributed by atoms with Crippen LogP contribution in [0.25, 0.3) is 0 Å². The summed E-state index contributed by atoms with van der Waals surface area (Å²) >= 11 is 3.50. The third kappa shape index (κ3) is 6.01. The molecule has 7 heteroatoms. The van der Waals surface area contributed by atoms with Gasteiger partial charge < -0.3 is 19.3 Å². The molecule has 2 heterocycles. The normalized spacial score (nSPS) is 21.5. The minimum atomic E-state index is -0.530. The number of carbonyl (C=O) groups is 2. The highest BCUT2D eigenvalue weighted by atomic mass is 79.9. The number of hydrogen-bond donors (Lipinski definition) is 0. The molecule has 0 aromatic heterocycles. The Balaban J connectivity index is 1.71. The van der Waals surface area contributed by atoms with E-state index in [9.17, 15) is 9.59 Å². The van der Waals surface area contributed by atoms with Gasteiger partial charge in [-0.05, 0) is 70.1 Å². The molecule has 0 radical (unpaired) electrons. The highest BCUT2D eigenvalue weighted by Gasteiger charge is 2.45. The number of hydrogen-bond acceptors (Lipinski definition) is 4. The summed E-state index contributed by atoms with van der Waals surface area (Å²) in [5.74, 6) is 0.444. The average molecular weight is 495 g/mol. The first-order valence-electron chi connectivity index (χ1n) is 11.2. The molecule has 3 rings (SSSR count). The number of ether oxygens (including phenoxy) is 2. The van der Waals surface area contributed by atoms with Crippen LogP contribution in [0, 0.1) is 5.92 Å². The lowest BCUT2D eigenvalue weighted by Crippen LogP contribution is -2.53. The number of carbonyl (C=O) groups excluding carboxylic acids is 2. The largest absolute Gasteiger partial charge is 0.444 e. The van der Waals surface area contributed by atoms with Gasteiger partial charge in [0.25, 0.3) is 0 Å². The number of piperidine rings is 1. The Bertz CT molecular complexity index is 769. The van der Waals surface area contributed by atoms with Crippen molar-refractivity contribution in [1.82, 2.24) is 9.80 Å². The van der Waals surface area contributed by atoms with E-state index in [1.165, 1.54) is 0 Å². The fourth-order valence-electron chi connectivity index (χ4n) is 4.62. The predicted molar refractivity (Wildman–Crippen MR) is 124 cm³/mol. The van der Waals surface area contributed by atoms with Crippen LogP contribution in [-0.4, -0.2) is 67.3 Å². The van der Waals surface area contributed by atoms with E-state index < -0.39 is 11.0 Å². The molecule has 0 spiro atoms. The summed E-state index contributed by atoms with van der Waals surface area (Å²) in [6.07, 6.45) is 3.04. The van der Waals surface area contributed by atoms with Crippen molar-refractivity contribution in [2.45, 2.75) is 57.5 Å². The molecule has 2 fully saturated rings. The third-order valence-corrected chi connectivity index (χ3v) is 6.72. The van der Waals surface area contributed by atoms with Crippen molar-refractivity contribution in [3.05, 3.63) is 34.3 Å². The lowest BCUT2D eigenvalue weighted by atomic mass is 9.72. The Morgan fingerprint density at radius 2 is 1.87 bits per heavy atom. The summed E-state index contributed by atoms with van der Waals surface area (Å²) in [6.45, 7) is 8.84. The van der Waals surface area contributed by atoms with Gasteiger partial charge in [-0.2, -0.15) is 0 Å². The Labute approximate surface area is 194 Å². The van der Waals surface area contributed by atoms with Crippen LogP contribution in [-0.2, 0) is 19.7 Å². The monoisotopic (exact) mass is 494 g/mol. The maximum Gasteiger partial charge on any atom is 0.410 e.